The summed E-state index contributed by atoms with van der Waals surface area (Å²) in [5, 5.41) is 8.90. The third-order valence-electron chi connectivity index (χ3n) is 3.13. The van der Waals surface area contributed by atoms with Crippen LogP contribution < -0.4 is 4.57 Å². The smallest absolute Gasteiger partial charge is 0.234 e. The van der Waals surface area contributed by atoms with E-state index in [0.717, 1.165) is 30.6 Å². The number of imidazole rings is 1. The van der Waals surface area contributed by atoms with Crippen molar-refractivity contribution in [2.45, 2.75) is 33.4 Å². The van der Waals surface area contributed by atoms with Crippen molar-refractivity contribution in [1.29, 1.82) is 5.26 Å². The SMILES string of the molecule is CCCn1cc[n+](Cc2cccc(C#N)c2)c1C. The Bertz CT molecular complexity index is 576. The lowest BCUT2D eigenvalue weighted by Crippen LogP contribution is -2.36. The molecule has 2 rings (SSSR count). The van der Waals surface area contributed by atoms with Gasteiger partial charge in [-0.3, -0.25) is 0 Å². The molecule has 2 aromatic rings. The van der Waals surface area contributed by atoms with E-state index in [1.165, 1.54) is 5.82 Å². The zero-order chi connectivity index (χ0) is 13.0. The molecule has 0 aliphatic carbocycles. The number of hydrogen-bond donors (Lipinski definition) is 0. The van der Waals surface area contributed by atoms with Gasteiger partial charge in [0.2, 0.25) is 0 Å². The fraction of sp³-hybridized carbons (Fsp3) is 0.333. The summed E-state index contributed by atoms with van der Waals surface area (Å²) in [4.78, 5) is 0. The van der Waals surface area contributed by atoms with Crippen molar-refractivity contribution in [2.24, 2.45) is 0 Å². The third-order valence-corrected chi connectivity index (χ3v) is 3.13. The molecule has 18 heavy (non-hydrogen) atoms. The molecule has 3 nitrogen and oxygen atoms in total. The van der Waals surface area contributed by atoms with Crippen molar-refractivity contribution in [3.8, 4) is 6.07 Å². The summed E-state index contributed by atoms with van der Waals surface area (Å²) in [6.45, 7) is 6.18. The summed E-state index contributed by atoms with van der Waals surface area (Å²) in [6.07, 6.45) is 5.36. The average molecular weight is 240 g/mol. The summed E-state index contributed by atoms with van der Waals surface area (Å²) in [6, 6.07) is 9.96. The molecule has 1 aromatic carbocycles. The van der Waals surface area contributed by atoms with Crippen LogP contribution in [0.1, 0.15) is 30.3 Å². The van der Waals surface area contributed by atoms with Crippen molar-refractivity contribution < 1.29 is 4.57 Å². The monoisotopic (exact) mass is 240 g/mol. The van der Waals surface area contributed by atoms with Crippen molar-refractivity contribution in [2.75, 3.05) is 0 Å². The van der Waals surface area contributed by atoms with E-state index in [0.29, 0.717) is 0 Å². The number of benzene rings is 1. The van der Waals surface area contributed by atoms with Crippen LogP contribution in [0.15, 0.2) is 36.7 Å². The normalized spacial score (nSPS) is 10.3. The zero-order valence-electron chi connectivity index (χ0n) is 10.9. The molecule has 0 unspecified atom stereocenters. The largest absolute Gasteiger partial charge is 0.253 e. The fourth-order valence-corrected chi connectivity index (χ4v) is 2.12. The first-order valence-corrected chi connectivity index (χ1v) is 6.29. The first kappa shape index (κ1) is 12.4. The fourth-order valence-electron chi connectivity index (χ4n) is 2.12. The van der Waals surface area contributed by atoms with Gasteiger partial charge < -0.3 is 0 Å². The second-order valence-electron chi connectivity index (χ2n) is 4.48. The Kier molecular flexibility index (Phi) is 3.78. The highest BCUT2D eigenvalue weighted by molar-refractivity contribution is 5.32. The summed E-state index contributed by atoms with van der Waals surface area (Å²) >= 11 is 0. The highest BCUT2D eigenvalue weighted by Crippen LogP contribution is 2.05. The summed E-state index contributed by atoms with van der Waals surface area (Å²) in [5.74, 6) is 1.25. The first-order chi connectivity index (χ1) is 8.74. The number of nitrogens with zero attached hydrogens (tertiary/aromatic N) is 3. The van der Waals surface area contributed by atoms with Gasteiger partial charge in [-0.05, 0) is 24.1 Å². The summed E-state index contributed by atoms with van der Waals surface area (Å²) in [7, 11) is 0. The van der Waals surface area contributed by atoms with Crippen LogP contribution >= 0.6 is 0 Å². The van der Waals surface area contributed by atoms with Crippen LogP contribution in [0.25, 0.3) is 0 Å². The first-order valence-electron chi connectivity index (χ1n) is 6.29. The lowest BCUT2D eigenvalue weighted by atomic mass is 10.1. The zero-order valence-corrected chi connectivity index (χ0v) is 10.9. The van der Waals surface area contributed by atoms with Gasteiger partial charge >= 0.3 is 0 Å². The van der Waals surface area contributed by atoms with Gasteiger partial charge in [-0.1, -0.05) is 19.1 Å². The molecule has 0 atom stereocenters. The summed E-state index contributed by atoms with van der Waals surface area (Å²) in [5.41, 5.74) is 1.88. The van der Waals surface area contributed by atoms with Crippen molar-refractivity contribution in [1.82, 2.24) is 4.57 Å². The molecular weight excluding hydrogens is 222 g/mol. The minimum Gasteiger partial charge on any atom is -0.234 e. The van der Waals surface area contributed by atoms with Gasteiger partial charge in [0.15, 0.2) is 0 Å². The number of nitriles is 1. The molecule has 0 bridgehead atoms. The lowest BCUT2D eigenvalue weighted by Gasteiger charge is -2.01. The number of aryl methyl sites for hydroxylation is 1. The molecule has 0 aliphatic rings. The van der Waals surface area contributed by atoms with E-state index >= 15 is 0 Å². The van der Waals surface area contributed by atoms with Gasteiger partial charge in [-0.15, -0.1) is 0 Å². The third kappa shape index (κ3) is 2.60. The molecule has 0 spiro atoms. The van der Waals surface area contributed by atoms with Gasteiger partial charge in [0.25, 0.3) is 5.82 Å². The molecule has 0 fully saturated rings. The van der Waals surface area contributed by atoms with E-state index < -0.39 is 0 Å². The maximum absolute atomic E-state index is 8.90. The van der Waals surface area contributed by atoms with E-state index in [1.807, 2.05) is 18.2 Å². The van der Waals surface area contributed by atoms with E-state index in [2.05, 4.69) is 47.5 Å². The van der Waals surface area contributed by atoms with Crippen LogP contribution in [0.3, 0.4) is 0 Å². The average Bonchev–Trinajstić information content (AvgIpc) is 2.72. The van der Waals surface area contributed by atoms with Crippen LogP contribution in [-0.2, 0) is 13.1 Å². The molecule has 0 saturated heterocycles. The Morgan fingerprint density at radius 3 is 2.94 bits per heavy atom. The highest BCUT2D eigenvalue weighted by atomic mass is 15.1. The second-order valence-corrected chi connectivity index (χ2v) is 4.48. The van der Waals surface area contributed by atoms with Gasteiger partial charge in [0, 0.05) is 6.92 Å². The van der Waals surface area contributed by atoms with E-state index in [-0.39, 0.29) is 0 Å². The van der Waals surface area contributed by atoms with Gasteiger partial charge in [0.1, 0.15) is 18.9 Å². The maximum Gasteiger partial charge on any atom is 0.253 e. The minimum atomic E-state index is 0.721. The molecule has 0 saturated carbocycles. The second kappa shape index (κ2) is 5.50. The molecule has 92 valence electrons. The van der Waals surface area contributed by atoms with Crippen LogP contribution in [0.5, 0.6) is 0 Å². The Morgan fingerprint density at radius 2 is 2.22 bits per heavy atom. The minimum absolute atomic E-state index is 0.721. The maximum atomic E-state index is 8.90. The number of rotatable bonds is 4. The van der Waals surface area contributed by atoms with E-state index in [1.54, 1.807) is 0 Å². The molecule has 0 amide bonds. The predicted octanol–water partition coefficient (Wildman–Crippen LogP) is 2.41. The van der Waals surface area contributed by atoms with Crippen LogP contribution in [-0.4, -0.2) is 4.57 Å². The Morgan fingerprint density at radius 1 is 1.39 bits per heavy atom. The molecule has 1 heterocycles. The van der Waals surface area contributed by atoms with Gasteiger partial charge in [-0.25, -0.2) is 9.13 Å². The Hall–Kier alpha value is -2.08. The molecule has 1 aromatic heterocycles. The highest BCUT2D eigenvalue weighted by Gasteiger charge is 2.11. The molecular formula is C15H18N3+. The summed E-state index contributed by atoms with van der Waals surface area (Å²) < 4.78 is 4.47. The molecule has 3 heteroatoms. The number of aromatic nitrogens is 2. The quantitative estimate of drug-likeness (QED) is 0.755. The standard InChI is InChI=1S/C15H18N3/c1-3-7-17-8-9-18(13(17)2)12-15-6-4-5-14(10-15)11-16/h4-6,8-10H,3,7,12H2,1-2H3/q+1. The van der Waals surface area contributed by atoms with Gasteiger partial charge in [-0.2, -0.15) is 5.26 Å². The van der Waals surface area contributed by atoms with Crippen LogP contribution in [0, 0.1) is 18.3 Å². The van der Waals surface area contributed by atoms with Crippen LogP contribution in [0.2, 0.25) is 0 Å². The van der Waals surface area contributed by atoms with Crippen molar-refractivity contribution >= 4 is 0 Å². The van der Waals surface area contributed by atoms with Crippen LogP contribution in [0.4, 0.5) is 0 Å². The van der Waals surface area contributed by atoms with Crippen molar-refractivity contribution in [3.05, 3.63) is 53.6 Å². The number of hydrogen-bond acceptors (Lipinski definition) is 1. The molecule has 0 N–H and O–H groups in total. The van der Waals surface area contributed by atoms with Gasteiger partial charge in [0.05, 0.1) is 18.2 Å². The topological polar surface area (TPSA) is 32.6 Å². The Labute approximate surface area is 108 Å². The molecule has 0 aliphatic heterocycles. The van der Waals surface area contributed by atoms with E-state index in [4.69, 9.17) is 5.26 Å². The lowest BCUT2D eigenvalue weighted by molar-refractivity contribution is -0.694. The van der Waals surface area contributed by atoms with Crippen molar-refractivity contribution in [3.63, 3.8) is 0 Å². The Balaban J connectivity index is 2.21. The molecule has 0 radical (unpaired) electrons. The van der Waals surface area contributed by atoms with E-state index in [9.17, 15) is 0 Å². The predicted molar refractivity (Wildman–Crippen MR) is 69.9 cm³/mol.